The molecule has 33 heavy (non-hydrogen) atoms. The highest BCUT2D eigenvalue weighted by atomic mass is 35.5. The molecule has 166 valence electrons. The monoisotopic (exact) mass is 459 g/mol. The molecule has 4 aromatic rings. The molecular formula is C25H22ClN5O2. The Labute approximate surface area is 197 Å². The number of anilines is 2. The van der Waals surface area contributed by atoms with Gasteiger partial charge in [-0.3, -0.25) is 10.1 Å². The molecule has 1 atom stereocenters. The van der Waals surface area contributed by atoms with Gasteiger partial charge in [-0.25, -0.2) is 4.68 Å². The third-order valence-corrected chi connectivity index (χ3v) is 5.27. The van der Waals surface area contributed by atoms with E-state index in [1.165, 1.54) is 0 Å². The quantitative estimate of drug-likeness (QED) is 0.438. The first kappa shape index (κ1) is 22.1. The first-order valence-electron chi connectivity index (χ1n) is 10.2. The van der Waals surface area contributed by atoms with Gasteiger partial charge < -0.3 is 10.1 Å². The number of nitrogens with zero attached hydrogens (tertiary/aromatic N) is 3. The van der Waals surface area contributed by atoms with Gasteiger partial charge >= 0.3 is 0 Å². The summed E-state index contributed by atoms with van der Waals surface area (Å²) in [5.74, 6) is 1.19. The molecular weight excluding hydrogens is 438 g/mol. The van der Waals surface area contributed by atoms with E-state index in [0.29, 0.717) is 17.3 Å². The zero-order valence-corrected chi connectivity index (χ0v) is 18.6. The minimum atomic E-state index is -0.289. The van der Waals surface area contributed by atoms with Crippen LogP contribution in [0.1, 0.15) is 27.5 Å². The molecule has 3 aromatic carbocycles. The van der Waals surface area contributed by atoms with Crippen LogP contribution in [0.25, 0.3) is 5.70 Å². The topological polar surface area (TPSA) is 81.1 Å². The largest absolute Gasteiger partial charge is 0.497 e. The summed E-state index contributed by atoms with van der Waals surface area (Å²) in [4.78, 5) is 17.2. The highest BCUT2D eigenvalue weighted by Gasteiger charge is 2.25. The van der Waals surface area contributed by atoms with E-state index in [9.17, 15) is 4.79 Å². The number of carbonyl (C=O) groups excluding carboxylic acids is 1. The average molecular weight is 460 g/mol. The van der Waals surface area contributed by atoms with E-state index in [1.807, 2.05) is 48.5 Å². The Morgan fingerprint density at radius 2 is 1.64 bits per heavy atom. The van der Waals surface area contributed by atoms with Crippen molar-refractivity contribution in [1.29, 1.82) is 0 Å². The number of methoxy groups -OCH3 is 1. The Kier molecular flexibility index (Phi) is 6.42. The summed E-state index contributed by atoms with van der Waals surface area (Å²) in [6.45, 7) is 0. The molecule has 2 heterocycles. The second kappa shape index (κ2) is 9.58. The van der Waals surface area contributed by atoms with Crippen molar-refractivity contribution in [3.8, 4) is 5.75 Å². The van der Waals surface area contributed by atoms with Gasteiger partial charge in [-0.05, 0) is 41.5 Å². The Bertz CT molecular complexity index is 1270. The smallest absolute Gasteiger partial charge is 0.258 e. The third kappa shape index (κ3) is 4.58. The Morgan fingerprint density at radius 1 is 0.970 bits per heavy atom. The number of halogens is 1. The lowest BCUT2D eigenvalue weighted by molar-refractivity contribution is 0.102. The van der Waals surface area contributed by atoms with Crippen LogP contribution < -0.4 is 15.4 Å². The number of ether oxygens (including phenoxy) is 1. The van der Waals surface area contributed by atoms with Crippen LogP contribution in [0.5, 0.6) is 5.75 Å². The van der Waals surface area contributed by atoms with Crippen molar-refractivity contribution in [3.63, 3.8) is 0 Å². The van der Waals surface area contributed by atoms with E-state index < -0.39 is 0 Å². The summed E-state index contributed by atoms with van der Waals surface area (Å²) < 4.78 is 6.93. The van der Waals surface area contributed by atoms with Gasteiger partial charge in [0.05, 0.1) is 7.11 Å². The molecule has 7 nitrogen and oxygen atoms in total. The lowest BCUT2D eigenvalue weighted by atomic mass is 10.0. The Hall–Kier alpha value is -4.10. The van der Waals surface area contributed by atoms with Gasteiger partial charge in [-0.1, -0.05) is 60.7 Å². The van der Waals surface area contributed by atoms with Gasteiger partial charge in [0.1, 0.15) is 11.8 Å². The minimum absolute atomic E-state index is 0. The molecule has 0 saturated carbocycles. The van der Waals surface area contributed by atoms with Crippen molar-refractivity contribution in [2.45, 2.75) is 6.04 Å². The first-order valence-corrected chi connectivity index (χ1v) is 10.2. The van der Waals surface area contributed by atoms with Crippen LogP contribution in [0.2, 0.25) is 0 Å². The summed E-state index contributed by atoms with van der Waals surface area (Å²) in [5, 5.41) is 10.7. The van der Waals surface area contributed by atoms with Crippen LogP contribution in [0.3, 0.4) is 0 Å². The SMILES string of the molecule is COc1ccc(C(=O)Nc2nc3n(n2)C(c2ccccc2)C=C(c2ccccc2)N3)cc1.Cl. The normalized spacial score (nSPS) is 14.2. The number of amides is 1. The van der Waals surface area contributed by atoms with Crippen molar-refractivity contribution in [2.24, 2.45) is 0 Å². The maximum Gasteiger partial charge on any atom is 0.258 e. The molecule has 8 heteroatoms. The number of fused-ring (bicyclic) bond motifs is 1. The predicted molar refractivity (Wildman–Crippen MR) is 131 cm³/mol. The molecule has 1 amide bonds. The molecule has 0 bridgehead atoms. The van der Waals surface area contributed by atoms with Crippen LogP contribution >= 0.6 is 12.4 Å². The van der Waals surface area contributed by atoms with Crippen LogP contribution in [-0.2, 0) is 0 Å². The second-order valence-electron chi connectivity index (χ2n) is 7.31. The van der Waals surface area contributed by atoms with E-state index in [-0.39, 0.29) is 30.3 Å². The van der Waals surface area contributed by atoms with Gasteiger partial charge in [-0.2, -0.15) is 4.98 Å². The number of rotatable bonds is 5. The molecule has 1 aliphatic rings. The van der Waals surface area contributed by atoms with Crippen LogP contribution in [-0.4, -0.2) is 27.8 Å². The Morgan fingerprint density at radius 3 is 2.30 bits per heavy atom. The first-order chi connectivity index (χ1) is 15.7. The maximum absolute atomic E-state index is 12.7. The van der Waals surface area contributed by atoms with Crippen LogP contribution in [0, 0.1) is 0 Å². The highest BCUT2D eigenvalue weighted by molar-refractivity contribution is 6.03. The van der Waals surface area contributed by atoms with Gasteiger partial charge in [0.15, 0.2) is 0 Å². The maximum atomic E-state index is 12.7. The van der Waals surface area contributed by atoms with Crippen molar-refractivity contribution < 1.29 is 9.53 Å². The lowest BCUT2D eigenvalue weighted by Gasteiger charge is -2.24. The van der Waals surface area contributed by atoms with Crippen molar-refractivity contribution in [2.75, 3.05) is 17.7 Å². The molecule has 0 spiro atoms. The van der Waals surface area contributed by atoms with E-state index in [0.717, 1.165) is 16.8 Å². The number of carbonyl (C=O) groups is 1. The number of hydrogen-bond donors (Lipinski definition) is 2. The molecule has 0 radical (unpaired) electrons. The van der Waals surface area contributed by atoms with Gasteiger partial charge in [0, 0.05) is 11.3 Å². The molecule has 5 rings (SSSR count). The third-order valence-electron chi connectivity index (χ3n) is 5.27. The standard InChI is InChI=1S/C25H21N5O2.ClH/c1-32-20-14-12-19(13-15-20)23(31)27-24-28-25-26-21(17-8-4-2-5-9-17)16-22(30(25)29-24)18-10-6-3-7-11-18;/h2-16,22H,1H3,(H2,26,27,28,29,31);1H. The number of hydrogen-bond acceptors (Lipinski definition) is 5. The fraction of sp³-hybridized carbons (Fsp3) is 0.0800. The fourth-order valence-electron chi connectivity index (χ4n) is 3.64. The molecule has 0 fully saturated rings. The fourth-order valence-corrected chi connectivity index (χ4v) is 3.64. The van der Waals surface area contributed by atoms with Crippen molar-refractivity contribution >= 4 is 35.9 Å². The summed E-state index contributed by atoms with van der Waals surface area (Å²) >= 11 is 0. The van der Waals surface area contributed by atoms with Gasteiger partial charge in [-0.15, -0.1) is 17.5 Å². The minimum Gasteiger partial charge on any atom is -0.497 e. The highest BCUT2D eigenvalue weighted by Crippen LogP contribution is 2.33. The lowest BCUT2D eigenvalue weighted by Crippen LogP contribution is -2.20. The number of allylic oxidation sites excluding steroid dienone is 1. The van der Waals surface area contributed by atoms with Crippen molar-refractivity contribution in [1.82, 2.24) is 14.8 Å². The van der Waals surface area contributed by atoms with Crippen molar-refractivity contribution in [3.05, 3.63) is 108 Å². The Balaban J connectivity index is 0.00000259. The van der Waals surface area contributed by atoms with Gasteiger partial charge in [0.2, 0.25) is 5.95 Å². The van der Waals surface area contributed by atoms with Crippen LogP contribution in [0.4, 0.5) is 11.9 Å². The summed E-state index contributed by atoms with van der Waals surface area (Å²) in [6.07, 6.45) is 2.11. The summed E-state index contributed by atoms with van der Waals surface area (Å²) in [7, 11) is 1.59. The summed E-state index contributed by atoms with van der Waals surface area (Å²) in [5.41, 5.74) is 3.55. The molecule has 2 N–H and O–H groups in total. The molecule has 0 saturated heterocycles. The van der Waals surface area contributed by atoms with E-state index >= 15 is 0 Å². The zero-order valence-electron chi connectivity index (χ0n) is 17.8. The van der Waals surface area contributed by atoms with E-state index in [2.05, 4.69) is 38.9 Å². The zero-order chi connectivity index (χ0) is 21.9. The molecule has 1 aromatic heterocycles. The summed E-state index contributed by atoms with van der Waals surface area (Å²) in [6, 6.07) is 26.8. The second-order valence-corrected chi connectivity index (χ2v) is 7.31. The van der Waals surface area contributed by atoms with Gasteiger partial charge in [0.25, 0.3) is 11.9 Å². The number of benzene rings is 3. The predicted octanol–water partition coefficient (Wildman–Crippen LogP) is 5.02. The van der Waals surface area contributed by atoms with E-state index in [4.69, 9.17) is 4.74 Å². The van der Waals surface area contributed by atoms with Crippen LogP contribution in [0.15, 0.2) is 91.0 Å². The molecule has 1 unspecified atom stereocenters. The molecule has 0 aliphatic carbocycles. The average Bonchev–Trinajstić information content (AvgIpc) is 3.26. The molecule has 1 aliphatic heterocycles. The number of nitrogens with one attached hydrogen (secondary N) is 2. The van der Waals surface area contributed by atoms with E-state index in [1.54, 1.807) is 36.1 Å². The number of aromatic nitrogens is 3.